The molecule has 0 aromatic carbocycles. The topological polar surface area (TPSA) is 30.9 Å². The average Bonchev–Trinajstić information content (AvgIpc) is 2.72. The lowest BCUT2D eigenvalue weighted by molar-refractivity contribution is -0.287. The molecule has 21 heavy (non-hydrogen) atoms. The van der Waals surface area contributed by atoms with E-state index in [-0.39, 0.29) is 16.9 Å². The van der Waals surface area contributed by atoms with Crippen molar-refractivity contribution in [3.8, 4) is 0 Å². The second kappa shape index (κ2) is 6.95. The number of ether oxygens (including phenoxy) is 3. The molecule has 126 valence electrons. The van der Waals surface area contributed by atoms with Gasteiger partial charge in [0.1, 0.15) is 0 Å². The quantitative estimate of drug-likeness (QED) is 0.705. The van der Waals surface area contributed by atoms with Gasteiger partial charge in [0.2, 0.25) is 0 Å². The SMILES string of the molecule is CN(C)CCOCCC1COC(C(C)(C)C)(C(C)(C)C)O1. The third-order valence-corrected chi connectivity index (χ3v) is 4.05. The van der Waals surface area contributed by atoms with Gasteiger partial charge < -0.3 is 19.1 Å². The molecule has 1 aliphatic heterocycles. The smallest absolute Gasteiger partial charge is 0.178 e. The van der Waals surface area contributed by atoms with E-state index in [2.05, 4.69) is 60.5 Å². The summed E-state index contributed by atoms with van der Waals surface area (Å²) < 4.78 is 18.3. The number of nitrogens with zero attached hydrogens (tertiary/aromatic N) is 1. The fourth-order valence-corrected chi connectivity index (χ4v) is 3.13. The first-order chi connectivity index (χ1) is 9.49. The molecule has 1 saturated heterocycles. The highest BCUT2D eigenvalue weighted by Crippen LogP contribution is 2.51. The monoisotopic (exact) mass is 301 g/mol. The van der Waals surface area contributed by atoms with Crippen LogP contribution in [0.1, 0.15) is 48.0 Å². The van der Waals surface area contributed by atoms with Crippen molar-refractivity contribution in [1.29, 1.82) is 0 Å². The summed E-state index contributed by atoms with van der Waals surface area (Å²) in [5.41, 5.74) is -0.127. The third kappa shape index (κ3) is 4.65. The summed E-state index contributed by atoms with van der Waals surface area (Å²) in [6.07, 6.45) is 1.02. The van der Waals surface area contributed by atoms with Gasteiger partial charge in [-0.1, -0.05) is 41.5 Å². The molecule has 1 rings (SSSR count). The van der Waals surface area contributed by atoms with Crippen LogP contribution in [0, 0.1) is 10.8 Å². The highest BCUT2D eigenvalue weighted by Gasteiger charge is 2.57. The van der Waals surface area contributed by atoms with Gasteiger partial charge in [0.15, 0.2) is 5.79 Å². The van der Waals surface area contributed by atoms with Crippen LogP contribution in [-0.4, -0.2) is 57.3 Å². The van der Waals surface area contributed by atoms with Gasteiger partial charge >= 0.3 is 0 Å². The number of likely N-dealkylation sites (N-methyl/N-ethyl adjacent to an activating group) is 1. The lowest BCUT2D eigenvalue weighted by Gasteiger charge is -2.49. The van der Waals surface area contributed by atoms with E-state index in [4.69, 9.17) is 14.2 Å². The molecule has 0 N–H and O–H groups in total. The first-order valence-corrected chi connectivity index (χ1v) is 8.04. The Morgan fingerprint density at radius 3 is 2.05 bits per heavy atom. The predicted molar refractivity (Wildman–Crippen MR) is 86.5 cm³/mol. The molecular formula is C17H35NO3. The van der Waals surface area contributed by atoms with Crippen LogP contribution in [-0.2, 0) is 14.2 Å². The minimum atomic E-state index is -0.533. The summed E-state index contributed by atoms with van der Waals surface area (Å²) in [4.78, 5) is 2.12. The molecule has 1 fully saturated rings. The van der Waals surface area contributed by atoms with Gasteiger partial charge in [0, 0.05) is 24.0 Å². The van der Waals surface area contributed by atoms with E-state index >= 15 is 0 Å². The zero-order chi connectivity index (χ0) is 16.3. The molecule has 0 amide bonds. The van der Waals surface area contributed by atoms with Gasteiger partial charge in [-0.25, -0.2) is 0 Å². The molecule has 1 atom stereocenters. The zero-order valence-electron chi connectivity index (χ0n) is 15.3. The Morgan fingerprint density at radius 2 is 1.62 bits per heavy atom. The van der Waals surface area contributed by atoms with Crippen LogP contribution in [0.2, 0.25) is 0 Å². The van der Waals surface area contributed by atoms with Crippen LogP contribution in [0.4, 0.5) is 0 Å². The van der Waals surface area contributed by atoms with Crippen molar-refractivity contribution in [3.63, 3.8) is 0 Å². The van der Waals surface area contributed by atoms with Crippen LogP contribution in [0.3, 0.4) is 0 Å². The number of rotatable bonds is 6. The molecule has 4 heteroatoms. The van der Waals surface area contributed by atoms with Crippen molar-refractivity contribution in [2.45, 2.75) is 59.9 Å². The van der Waals surface area contributed by atoms with Crippen LogP contribution in [0.15, 0.2) is 0 Å². The first kappa shape index (κ1) is 18.9. The van der Waals surface area contributed by atoms with E-state index in [1.54, 1.807) is 0 Å². The van der Waals surface area contributed by atoms with Crippen LogP contribution < -0.4 is 0 Å². The fraction of sp³-hybridized carbons (Fsp3) is 1.00. The standard InChI is InChI=1S/C17H35NO3/c1-15(2,3)17(16(4,5)6)20-13-14(21-17)9-11-19-12-10-18(7)8/h14H,9-13H2,1-8H3. The van der Waals surface area contributed by atoms with Crippen molar-refractivity contribution >= 4 is 0 Å². The minimum absolute atomic E-state index is 0.0637. The maximum Gasteiger partial charge on any atom is 0.178 e. The van der Waals surface area contributed by atoms with Crippen molar-refractivity contribution in [2.75, 3.05) is 40.5 Å². The van der Waals surface area contributed by atoms with Gasteiger partial charge in [-0.3, -0.25) is 0 Å². The van der Waals surface area contributed by atoms with E-state index in [9.17, 15) is 0 Å². The molecule has 1 aliphatic rings. The molecule has 4 nitrogen and oxygen atoms in total. The van der Waals surface area contributed by atoms with Crippen LogP contribution in [0.25, 0.3) is 0 Å². The Morgan fingerprint density at radius 1 is 1.05 bits per heavy atom. The van der Waals surface area contributed by atoms with Crippen molar-refractivity contribution < 1.29 is 14.2 Å². The van der Waals surface area contributed by atoms with Gasteiger partial charge in [0.25, 0.3) is 0 Å². The first-order valence-electron chi connectivity index (χ1n) is 8.04. The highest BCUT2D eigenvalue weighted by molar-refractivity contribution is 4.97. The molecule has 1 unspecified atom stereocenters. The van der Waals surface area contributed by atoms with Gasteiger partial charge in [-0.05, 0) is 20.5 Å². The second-order valence-electron chi connectivity index (χ2n) is 8.37. The van der Waals surface area contributed by atoms with Gasteiger partial charge in [0.05, 0.1) is 19.3 Å². The average molecular weight is 301 g/mol. The molecule has 0 saturated carbocycles. The maximum absolute atomic E-state index is 6.39. The second-order valence-corrected chi connectivity index (χ2v) is 8.37. The number of hydrogen-bond donors (Lipinski definition) is 0. The number of hydrogen-bond acceptors (Lipinski definition) is 4. The molecule has 0 aliphatic carbocycles. The van der Waals surface area contributed by atoms with Crippen LogP contribution >= 0.6 is 0 Å². The minimum Gasteiger partial charge on any atom is -0.380 e. The third-order valence-electron chi connectivity index (χ3n) is 4.05. The Balaban J connectivity index is 2.49. The summed E-state index contributed by atoms with van der Waals surface area (Å²) in [6, 6.07) is 0. The lowest BCUT2D eigenvalue weighted by atomic mass is 9.70. The largest absolute Gasteiger partial charge is 0.380 e. The molecular weight excluding hydrogens is 266 g/mol. The Bertz CT molecular complexity index is 301. The van der Waals surface area contributed by atoms with Crippen LogP contribution in [0.5, 0.6) is 0 Å². The van der Waals surface area contributed by atoms with E-state index in [1.165, 1.54) is 0 Å². The summed E-state index contributed by atoms with van der Waals surface area (Å²) in [7, 11) is 4.11. The lowest BCUT2D eigenvalue weighted by Crippen LogP contribution is -2.54. The molecule has 1 heterocycles. The summed E-state index contributed by atoms with van der Waals surface area (Å²) >= 11 is 0. The molecule has 0 radical (unpaired) electrons. The normalized spacial score (nSPS) is 23.0. The van der Waals surface area contributed by atoms with Gasteiger partial charge in [-0.15, -0.1) is 0 Å². The van der Waals surface area contributed by atoms with Crippen molar-refractivity contribution in [2.24, 2.45) is 10.8 Å². The summed E-state index contributed by atoms with van der Waals surface area (Å²) in [5.74, 6) is -0.533. The fourth-order valence-electron chi connectivity index (χ4n) is 3.13. The molecule has 0 spiro atoms. The maximum atomic E-state index is 6.39. The predicted octanol–water partition coefficient (Wildman–Crippen LogP) is 3.16. The van der Waals surface area contributed by atoms with E-state index in [1.807, 2.05) is 0 Å². The molecule has 0 aromatic rings. The Kier molecular flexibility index (Phi) is 6.25. The van der Waals surface area contributed by atoms with Crippen molar-refractivity contribution in [1.82, 2.24) is 4.90 Å². The highest BCUT2D eigenvalue weighted by atomic mass is 16.7. The van der Waals surface area contributed by atoms with E-state index < -0.39 is 5.79 Å². The van der Waals surface area contributed by atoms with E-state index in [0.717, 1.165) is 26.2 Å². The van der Waals surface area contributed by atoms with E-state index in [0.29, 0.717) is 6.61 Å². The van der Waals surface area contributed by atoms with Gasteiger partial charge in [-0.2, -0.15) is 0 Å². The molecule has 0 aromatic heterocycles. The Hall–Kier alpha value is -0.160. The van der Waals surface area contributed by atoms with Crippen molar-refractivity contribution in [3.05, 3.63) is 0 Å². The summed E-state index contributed by atoms with van der Waals surface area (Å²) in [6.45, 7) is 16.2. The zero-order valence-corrected chi connectivity index (χ0v) is 15.3. The Labute approximate surface area is 131 Å². The summed E-state index contributed by atoms with van der Waals surface area (Å²) in [5, 5.41) is 0. The molecule has 0 bridgehead atoms.